The minimum absolute atomic E-state index is 0.306. The number of nitrogens with one attached hydrogen (secondary N) is 1. The van der Waals surface area contributed by atoms with E-state index in [1.807, 2.05) is 0 Å². The van der Waals surface area contributed by atoms with Crippen molar-refractivity contribution in [1.82, 2.24) is 5.32 Å². The van der Waals surface area contributed by atoms with Gasteiger partial charge in [-0.1, -0.05) is 18.2 Å². The first-order valence-corrected chi connectivity index (χ1v) is 7.08. The number of ether oxygens (including phenoxy) is 1. The molecule has 0 amide bonds. The van der Waals surface area contributed by atoms with Crippen molar-refractivity contribution in [2.75, 3.05) is 26.3 Å². The van der Waals surface area contributed by atoms with Crippen LogP contribution in [0.2, 0.25) is 0 Å². The van der Waals surface area contributed by atoms with Crippen molar-refractivity contribution in [3.05, 3.63) is 34.9 Å². The highest BCUT2D eigenvalue weighted by Crippen LogP contribution is 2.43. The molecule has 1 aromatic carbocycles. The number of aryl methyl sites for hydroxylation is 2. The molecular weight excluding hydrogens is 222 g/mol. The Balaban J connectivity index is 1.92. The molecule has 3 rings (SSSR count). The summed E-state index contributed by atoms with van der Waals surface area (Å²) in [4.78, 5) is 0. The van der Waals surface area contributed by atoms with E-state index in [9.17, 15) is 0 Å². The fourth-order valence-corrected chi connectivity index (χ4v) is 3.39. The van der Waals surface area contributed by atoms with E-state index >= 15 is 0 Å². The van der Waals surface area contributed by atoms with Crippen LogP contribution in [0.5, 0.6) is 0 Å². The van der Waals surface area contributed by atoms with Gasteiger partial charge in [-0.2, -0.15) is 0 Å². The molecular formula is C16H23NO. The zero-order valence-corrected chi connectivity index (χ0v) is 11.5. The minimum atomic E-state index is 0.306. The average Bonchev–Trinajstić information content (AvgIpc) is 2.34. The summed E-state index contributed by atoms with van der Waals surface area (Å²) in [5.74, 6) is 0.787. The zero-order valence-electron chi connectivity index (χ0n) is 11.5. The van der Waals surface area contributed by atoms with Gasteiger partial charge in [-0.25, -0.2) is 0 Å². The van der Waals surface area contributed by atoms with Gasteiger partial charge >= 0.3 is 0 Å². The van der Waals surface area contributed by atoms with Crippen LogP contribution in [0.1, 0.15) is 29.5 Å². The molecule has 0 saturated carbocycles. The molecule has 0 radical (unpaired) electrons. The lowest BCUT2D eigenvalue weighted by atomic mass is 9.65. The lowest BCUT2D eigenvalue weighted by molar-refractivity contribution is -0.0964. The normalized spacial score (nSPS) is 23.7. The van der Waals surface area contributed by atoms with Crippen LogP contribution in [-0.4, -0.2) is 26.3 Å². The summed E-state index contributed by atoms with van der Waals surface area (Å²) in [6, 6.07) is 6.98. The number of piperidine rings is 1. The van der Waals surface area contributed by atoms with E-state index in [0.717, 1.165) is 32.2 Å². The van der Waals surface area contributed by atoms with E-state index in [-0.39, 0.29) is 0 Å². The summed E-state index contributed by atoms with van der Waals surface area (Å²) in [5.41, 5.74) is 4.61. The maximum Gasteiger partial charge on any atom is 0.0588 e. The van der Waals surface area contributed by atoms with E-state index in [0.29, 0.717) is 5.41 Å². The first-order chi connectivity index (χ1) is 8.72. The SMILES string of the molecule is Cc1ccc(C2(C3CCNCC3)COC2)cc1C. The molecule has 0 spiro atoms. The number of hydrogen-bond donors (Lipinski definition) is 1. The van der Waals surface area contributed by atoms with Gasteiger partial charge in [0.15, 0.2) is 0 Å². The van der Waals surface area contributed by atoms with E-state index in [4.69, 9.17) is 4.74 Å². The molecule has 1 aromatic rings. The molecule has 2 heterocycles. The van der Waals surface area contributed by atoms with Crippen LogP contribution in [0.25, 0.3) is 0 Å². The van der Waals surface area contributed by atoms with Gasteiger partial charge in [0.25, 0.3) is 0 Å². The number of hydrogen-bond acceptors (Lipinski definition) is 2. The number of rotatable bonds is 2. The van der Waals surface area contributed by atoms with Gasteiger partial charge in [0.2, 0.25) is 0 Å². The lowest BCUT2D eigenvalue weighted by Gasteiger charge is -2.49. The fourth-order valence-electron chi connectivity index (χ4n) is 3.39. The Bertz CT molecular complexity index is 431. The predicted molar refractivity (Wildman–Crippen MR) is 74.0 cm³/mol. The van der Waals surface area contributed by atoms with Crippen LogP contribution < -0.4 is 5.32 Å². The van der Waals surface area contributed by atoms with Gasteiger partial charge in [-0.3, -0.25) is 0 Å². The first-order valence-electron chi connectivity index (χ1n) is 7.08. The van der Waals surface area contributed by atoms with Crippen LogP contribution in [0.3, 0.4) is 0 Å². The molecule has 0 atom stereocenters. The molecule has 0 aliphatic carbocycles. The molecule has 2 aliphatic heterocycles. The molecule has 2 aliphatic rings. The van der Waals surface area contributed by atoms with Crippen LogP contribution in [-0.2, 0) is 10.2 Å². The second-order valence-corrected chi connectivity index (χ2v) is 5.97. The third kappa shape index (κ3) is 1.88. The van der Waals surface area contributed by atoms with E-state index in [1.54, 1.807) is 0 Å². The van der Waals surface area contributed by atoms with Crippen molar-refractivity contribution in [3.8, 4) is 0 Å². The standard InChI is InChI=1S/C16H23NO/c1-12-3-4-15(9-13(12)2)16(10-18-11-16)14-5-7-17-8-6-14/h3-4,9,14,17H,5-8,10-11H2,1-2H3. The van der Waals surface area contributed by atoms with Gasteiger partial charge < -0.3 is 10.1 Å². The summed E-state index contributed by atoms with van der Waals surface area (Å²) >= 11 is 0. The monoisotopic (exact) mass is 245 g/mol. The Kier molecular flexibility index (Phi) is 3.16. The molecule has 18 heavy (non-hydrogen) atoms. The molecule has 0 unspecified atom stereocenters. The van der Waals surface area contributed by atoms with Crippen molar-refractivity contribution in [3.63, 3.8) is 0 Å². The quantitative estimate of drug-likeness (QED) is 0.864. The maximum absolute atomic E-state index is 5.60. The second kappa shape index (κ2) is 4.67. The molecule has 2 fully saturated rings. The largest absolute Gasteiger partial charge is 0.379 e. The van der Waals surface area contributed by atoms with Crippen molar-refractivity contribution in [2.24, 2.45) is 5.92 Å². The Morgan fingerprint density at radius 3 is 2.39 bits per heavy atom. The highest BCUT2D eigenvalue weighted by molar-refractivity contribution is 5.37. The van der Waals surface area contributed by atoms with Gasteiger partial charge in [-0.15, -0.1) is 0 Å². The van der Waals surface area contributed by atoms with Gasteiger partial charge in [-0.05, 0) is 62.4 Å². The van der Waals surface area contributed by atoms with Gasteiger partial charge in [0, 0.05) is 5.41 Å². The number of benzene rings is 1. The van der Waals surface area contributed by atoms with Crippen molar-refractivity contribution >= 4 is 0 Å². The van der Waals surface area contributed by atoms with Crippen molar-refractivity contribution < 1.29 is 4.74 Å². The Morgan fingerprint density at radius 2 is 1.83 bits per heavy atom. The molecule has 98 valence electrons. The second-order valence-electron chi connectivity index (χ2n) is 5.97. The van der Waals surface area contributed by atoms with Gasteiger partial charge in [0.05, 0.1) is 13.2 Å². The maximum atomic E-state index is 5.60. The Morgan fingerprint density at radius 1 is 1.11 bits per heavy atom. The molecule has 2 saturated heterocycles. The van der Waals surface area contributed by atoms with Crippen LogP contribution in [0.4, 0.5) is 0 Å². The van der Waals surface area contributed by atoms with E-state index < -0.39 is 0 Å². The van der Waals surface area contributed by atoms with E-state index in [1.165, 1.54) is 29.5 Å². The third-order valence-corrected chi connectivity index (χ3v) is 4.92. The van der Waals surface area contributed by atoms with Gasteiger partial charge in [0.1, 0.15) is 0 Å². The summed E-state index contributed by atoms with van der Waals surface area (Å²) in [6.45, 7) is 8.57. The summed E-state index contributed by atoms with van der Waals surface area (Å²) in [6.07, 6.45) is 2.58. The predicted octanol–water partition coefficient (Wildman–Crippen LogP) is 2.57. The molecule has 2 heteroatoms. The average molecular weight is 245 g/mol. The first kappa shape index (κ1) is 12.2. The van der Waals surface area contributed by atoms with Crippen LogP contribution in [0, 0.1) is 19.8 Å². The molecule has 2 nitrogen and oxygen atoms in total. The zero-order chi connectivity index (χ0) is 12.6. The highest BCUT2D eigenvalue weighted by atomic mass is 16.5. The lowest BCUT2D eigenvalue weighted by Crippen LogP contribution is -2.54. The van der Waals surface area contributed by atoms with E-state index in [2.05, 4.69) is 37.4 Å². The molecule has 0 aromatic heterocycles. The molecule has 0 bridgehead atoms. The van der Waals surface area contributed by atoms with Crippen molar-refractivity contribution in [2.45, 2.75) is 32.1 Å². The molecule has 1 N–H and O–H groups in total. The minimum Gasteiger partial charge on any atom is -0.379 e. The van der Waals surface area contributed by atoms with Crippen LogP contribution >= 0.6 is 0 Å². The third-order valence-electron chi connectivity index (χ3n) is 4.92. The summed E-state index contributed by atoms with van der Waals surface area (Å²) in [5, 5.41) is 3.47. The Hall–Kier alpha value is -0.860. The van der Waals surface area contributed by atoms with Crippen molar-refractivity contribution in [1.29, 1.82) is 0 Å². The summed E-state index contributed by atoms with van der Waals surface area (Å²) < 4.78 is 5.60. The fraction of sp³-hybridized carbons (Fsp3) is 0.625. The van der Waals surface area contributed by atoms with Crippen LogP contribution in [0.15, 0.2) is 18.2 Å². The topological polar surface area (TPSA) is 21.3 Å². The Labute approximate surface area is 110 Å². The summed E-state index contributed by atoms with van der Waals surface area (Å²) in [7, 11) is 0. The highest BCUT2D eigenvalue weighted by Gasteiger charge is 2.46. The smallest absolute Gasteiger partial charge is 0.0588 e.